The van der Waals surface area contributed by atoms with Crippen molar-refractivity contribution in [3.8, 4) is 0 Å². The van der Waals surface area contributed by atoms with Crippen LogP contribution < -0.4 is 0 Å². The Morgan fingerprint density at radius 2 is 1.39 bits per heavy atom. The predicted octanol–water partition coefficient (Wildman–Crippen LogP) is 3.34. The standard InChI is InChI=1S/C53H86O19/c1-12-25(2)48(59)71-46-29(6)67-50(43(58)47(46)63-11)72-45-28(5)65-39(23-36(45)62-10)70-44-27(4)64-38(22-35(44)61-9)68-31-15-18-51(7)30(21-31)13-14-34-33(51)16-19-52(8)32(17-20-53(34,52)60)26(3)66-49-42(57)41(56)40(55)37(24-54)69-49/h12-13,26-29,31-47,49-50,54-58,60H,14-24H2,1-11H3/b25-12+/t26-,27+,28+,29+,31-,32+,33-,34+,35-,36-,37+,38-,39-,40+,41-,42+,43+,44+,45+,46+,47+,49+,50-,51-,52+,53-/m0/s1. The highest BCUT2D eigenvalue weighted by molar-refractivity contribution is 5.87. The molecule has 19 heteroatoms. The minimum absolute atomic E-state index is 0.0408. The maximum absolute atomic E-state index is 12.9. The van der Waals surface area contributed by atoms with Gasteiger partial charge in [-0.1, -0.05) is 31.6 Å². The Balaban J connectivity index is 0.842. The topological polar surface area (TPSA) is 249 Å². The van der Waals surface area contributed by atoms with E-state index in [0.29, 0.717) is 30.8 Å². The second-order valence-corrected chi connectivity index (χ2v) is 22.7. The summed E-state index contributed by atoms with van der Waals surface area (Å²) in [5.41, 5.74) is 0.337. The molecule has 4 aliphatic heterocycles. The van der Waals surface area contributed by atoms with Gasteiger partial charge in [-0.15, -0.1) is 0 Å². The van der Waals surface area contributed by atoms with Gasteiger partial charge in [-0.05, 0) is 116 Å². The number of ether oxygens (including phenoxy) is 12. The minimum Gasteiger partial charge on any atom is -0.453 e. The molecule has 4 heterocycles. The van der Waals surface area contributed by atoms with Crippen molar-refractivity contribution in [2.75, 3.05) is 27.9 Å². The molecule has 8 aliphatic rings. The lowest BCUT2D eigenvalue weighted by atomic mass is 9.45. The Morgan fingerprint density at radius 1 is 0.750 bits per heavy atom. The molecular weight excluding hydrogens is 941 g/mol. The molecule has 0 aromatic heterocycles. The van der Waals surface area contributed by atoms with Gasteiger partial charge in [-0.25, -0.2) is 4.79 Å². The largest absolute Gasteiger partial charge is 0.453 e. The molecule has 412 valence electrons. The molecule has 72 heavy (non-hydrogen) atoms. The zero-order chi connectivity index (χ0) is 52.2. The van der Waals surface area contributed by atoms with Gasteiger partial charge in [0.05, 0.1) is 54.9 Å². The maximum atomic E-state index is 12.9. The van der Waals surface area contributed by atoms with Crippen molar-refractivity contribution in [2.24, 2.45) is 28.6 Å². The van der Waals surface area contributed by atoms with E-state index in [0.717, 1.165) is 44.9 Å². The molecule has 0 aromatic rings. The first kappa shape index (κ1) is 56.5. The van der Waals surface area contributed by atoms with Crippen molar-refractivity contribution in [1.82, 2.24) is 0 Å². The number of allylic oxidation sites excluding steroid dienone is 2. The van der Waals surface area contributed by atoms with Gasteiger partial charge in [0.1, 0.15) is 48.8 Å². The average Bonchev–Trinajstić information content (AvgIpc) is 3.64. The van der Waals surface area contributed by atoms with E-state index in [1.165, 1.54) is 12.7 Å². The fourth-order valence-electron chi connectivity index (χ4n) is 14.4. The Kier molecular flexibility index (Phi) is 17.8. The molecule has 4 saturated heterocycles. The van der Waals surface area contributed by atoms with Crippen molar-refractivity contribution in [3.05, 3.63) is 23.3 Å². The minimum atomic E-state index is -1.52. The summed E-state index contributed by atoms with van der Waals surface area (Å²) in [6.45, 7) is 14.9. The number of esters is 1. The first-order valence-electron chi connectivity index (χ1n) is 26.6. The monoisotopic (exact) mass is 1030 g/mol. The number of hydrogen-bond acceptors (Lipinski definition) is 19. The quantitative estimate of drug-likeness (QED) is 0.0782. The zero-order valence-corrected chi connectivity index (χ0v) is 44.2. The van der Waals surface area contributed by atoms with Crippen LogP contribution in [-0.4, -0.2) is 193 Å². The van der Waals surface area contributed by atoms with Gasteiger partial charge >= 0.3 is 5.97 Å². The number of rotatable bonds is 15. The van der Waals surface area contributed by atoms with Crippen LogP contribution in [0.5, 0.6) is 0 Å². The normalized spacial score (nSPS) is 50.3. The second kappa shape index (κ2) is 22.7. The molecule has 26 atom stereocenters. The number of methoxy groups -OCH3 is 3. The third kappa shape index (κ3) is 10.4. The van der Waals surface area contributed by atoms with E-state index >= 15 is 0 Å². The lowest BCUT2D eigenvalue weighted by Gasteiger charge is -2.61. The van der Waals surface area contributed by atoms with Crippen LogP contribution in [0.2, 0.25) is 0 Å². The highest BCUT2D eigenvalue weighted by Gasteiger charge is 2.67. The van der Waals surface area contributed by atoms with Crippen molar-refractivity contribution in [3.63, 3.8) is 0 Å². The third-order valence-electron chi connectivity index (χ3n) is 18.9. The maximum Gasteiger partial charge on any atom is 0.333 e. The van der Waals surface area contributed by atoms with Crippen molar-refractivity contribution >= 4 is 5.97 Å². The van der Waals surface area contributed by atoms with E-state index in [9.17, 15) is 35.4 Å². The van der Waals surface area contributed by atoms with Crippen LogP contribution in [0.15, 0.2) is 23.3 Å². The Morgan fingerprint density at radius 3 is 2.01 bits per heavy atom. The van der Waals surface area contributed by atoms with Crippen molar-refractivity contribution in [1.29, 1.82) is 0 Å². The molecule has 0 unspecified atom stereocenters. The summed E-state index contributed by atoms with van der Waals surface area (Å²) in [6, 6.07) is 0. The van der Waals surface area contributed by atoms with E-state index in [1.54, 1.807) is 41.1 Å². The molecular formula is C53H86O19. The van der Waals surface area contributed by atoms with Crippen LogP contribution in [0.3, 0.4) is 0 Å². The lowest BCUT2D eigenvalue weighted by Crippen LogP contribution is -2.62. The van der Waals surface area contributed by atoms with Gasteiger partial charge in [-0.3, -0.25) is 0 Å². The van der Waals surface area contributed by atoms with Gasteiger partial charge in [-0.2, -0.15) is 0 Å². The van der Waals surface area contributed by atoms with E-state index in [-0.39, 0.29) is 29.5 Å². The summed E-state index contributed by atoms with van der Waals surface area (Å²) in [5, 5.41) is 65.4. The first-order chi connectivity index (χ1) is 34.2. The molecule has 7 fully saturated rings. The highest BCUT2D eigenvalue weighted by atomic mass is 16.8. The predicted molar refractivity (Wildman–Crippen MR) is 256 cm³/mol. The van der Waals surface area contributed by atoms with Crippen molar-refractivity contribution < 1.29 is 92.3 Å². The van der Waals surface area contributed by atoms with E-state index < -0.39 is 134 Å². The summed E-state index contributed by atoms with van der Waals surface area (Å²) >= 11 is 0. The third-order valence-corrected chi connectivity index (χ3v) is 18.9. The smallest absolute Gasteiger partial charge is 0.333 e. The highest BCUT2D eigenvalue weighted by Crippen LogP contribution is 2.68. The zero-order valence-electron chi connectivity index (χ0n) is 44.2. The summed E-state index contributed by atoms with van der Waals surface area (Å²) in [7, 11) is 4.69. The first-order valence-corrected chi connectivity index (χ1v) is 26.6. The Labute approximate surface area is 425 Å². The van der Waals surface area contributed by atoms with Crippen LogP contribution >= 0.6 is 0 Å². The Hall–Kier alpha value is -1.73. The van der Waals surface area contributed by atoms with E-state index in [4.69, 9.17) is 56.8 Å². The SMILES string of the molecule is C/C=C(\C)C(=O)O[C@H]1[C@H](OC)[C@@H](O)[C@H](O[C@H]2[C@@H](OC)C[C@H](O[C@H]3[C@@H](OC)C[C@H](O[C@H]4CC[C@@]5(C)C(=CC[C@@H]6[C@@H]5CC[C@]5(C)[C@@H]([C@H](C)O[C@@H]7O[C@H](CO)[C@@H](O)[C@H](O)[C@H]7O)CC[C@]65O)C4)O[C@@H]3C)O[C@@H]2C)O[C@@H]1C. The summed E-state index contributed by atoms with van der Waals surface area (Å²) in [6.07, 6.45) is -4.93. The molecule has 0 amide bonds. The van der Waals surface area contributed by atoms with Crippen molar-refractivity contribution in [2.45, 2.75) is 248 Å². The summed E-state index contributed by atoms with van der Waals surface area (Å²) < 4.78 is 74.1. The molecule has 3 saturated carbocycles. The number of aliphatic hydroxyl groups excluding tert-OH is 5. The van der Waals surface area contributed by atoms with Gasteiger partial charge in [0.15, 0.2) is 31.3 Å². The van der Waals surface area contributed by atoms with Crippen LogP contribution in [0.25, 0.3) is 0 Å². The molecule has 6 N–H and O–H groups in total. The molecule has 0 radical (unpaired) electrons. The summed E-state index contributed by atoms with van der Waals surface area (Å²) in [4.78, 5) is 12.6. The molecule has 19 nitrogen and oxygen atoms in total. The number of hydrogen-bond donors (Lipinski definition) is 6. The number of aliphatic hydroxyl groups is 6. The van der Waals surface area contributed by atoms with Gasteiger partial charge in [0, 0.05) is 45.2 Å². The van der Waals surface area contributed by atoms with Crippen LogP contribution in [0.4, 0.5) is 0 Å². The lowest BCUT2D eigenvalue weighted by molar-refractivity contribution is -0.352. The second-order valence-electron chi connectivity index (χ2n) is 22.7. The van der Waals surface area contributed by atoms with Gasteiger partial charge < -0.3 is 87.5 Å². The van der Waals surface area contributed by atoms with E-state index in [2.05, 4.69) is 19.9 Å². The van der Waals surface area contributed by atoms with Crippen LogP contribution in [-0.2, 0) is 61.6 Å². The average molecular weight is 1030 g/mol. The van der Waals surface area contributed by atoms with Crippen LogP contribution in [0, 0.1) is 28.6 Å². The molecule has 8 rings (SSSR count). The van der Waals surface area contributed by atoms with E-state index in [1.807, 2.05) is 20.8 Å². The summed E-state index contributed by atoms with van der Waals surface area (Å²) in [5.74, 6) is -0.206. The molecule has 0 aromatic carbocycles. The number of carbonyl (C=O) groups excluding carboxylic acids is 1. The molecule has 4 aliphatic carbocycles. The fraction of sp³-hybridized carbons (Fsp3) is 0.906. The molecule has 0 bridgehead atoms. The Bertz CT molecular complexity index is 1900. The number of carbonyl (C=O) groups is 1. The fourth-order valence-corrected chi connectivity index (χ4v) is 14.4. The van der Waals surface area contributed by atoms with Gasteiger partial charge in [0.2, 0.25) is 0 Å². The van der Waals surface area contributed by atoms with Crippen LogP contribution in [0.1, 0.15) is 120 Å². The van der Waals surface area contributed by atoms with Gasteiger partial charge in [0.25, 0.3) is 0 Å². The molecule has 0 spiro atoms. The number of fused-ring (bicyclic) bond motifs is 5.